The maximum atomic E-state index is 12.4. The van der Waals surface area contributed by atoms with E-state index in [1.54, 1.807) is 24.3 Å². The molecule has 0 aliphatic heterocycles. The third-order valence-corrected chi connectivity index (χ3v) is 2.60. The van der Waals surface area contributed by atoms with Gasteiger partial charge in [-0.3, -0.25) is 0 Å². The first kappa shape index (κ1) is 14.8. The Balaban J connectivity index is 2.14. The van der Waals surface area contributed by atoms with Gasteiger partial charge in [-0.2, -0.15) is 13.9 Å². The van der Waals surface area contributed by atoms with Crippen LogP contribution < -0.4 is 0 Å². The van der Waals surface area contributed by atoms with E-state index in [1.165, 1.54) is 7.11 Å². The molecule has 0 saturated carbocycles. The van der Waals surface area contributed by atoms with Crippen LogP contribution in [0.5, 0.6) is 0 Å². The summed E-state index contributed by atoms with van der Waals surface area (Å²) in [7, 11) is 1.49. The number of benzene rings is 1. The Morgan fingerprint density at radius 1 is 1.33 bits per heavy atom. The summed E-state index contributed by atoms with van der Waals surface area (Å²) in [6.45, 7) is 3.25. The lowest BCUT2D eigenvalue weighted by Gasteiger charge is -2.03. The van der Waals surface area contributed by atoms with E-state index in [0.717, 1.165) is 5.56 Å². The molecule has 0 fully saturated rings. The van der Waals surface area contributed by atoms with E-state index < -0.39 is 12.3 Å². The van der Waals surface area contributed by atoms with Crippen molar-refractivity contribution < 1.29 is 17.9 Å². The smallest absolute Gasteiger partial charge is 0.314 e. The zero-order valence-electron chi connectivity index (χ0n) is 11.2. The quantitative estimate of drug-likeness (QED) is 0.483. The van der Waals surface area contributed by atoms with E-state index in [9.17, 15) is 8.78 Å². The average Bonchev–Trinajstić information content (AvgIpc) is 2.97. The van der Waals surface area contributed by atoms with Crippen molar-refractivity contribution in [1.82, 2.24) is 10.2 Å². The highest BCUT2D eigenvalue weighted by Crippen LogP contribution is 2.23. The number of halogens is 2. The Labute approximate surface area is 119 Å². The van der Waals surface area contributed by atoms with Crippen LogP contribution in [0.2, 0.25) is 0 Å². The molecule has 0 radical (unpaired) electrons. The first-order valence-electron chi connectivity index (χ1n) is 5.91. The van der Waals surface area contributed by atoms with Crippen molar-refractivity contribution >= 4 is 12.6 Å². The predicted molar refractivity (Wildman–Crippen MR) is 72.4 cm³/mol. The van der Waals surface area contributed by atoms with Gasteiger partial charge in [0, 0.05) is 12.3 Å². The topological polar surface area (TPSA) is 72.9 Å². The number of hydrogen-bond acceptors (Lipinski definition) is 6. The largest absolute Gasteiger partial charge is 0.483 e. The number of ether oxygens (including phenoxy) is 1. The fourth-order valence-corrected chi connectivity index (χ4v) is 1.61. The number of hydrogen-bond donors (Lipinski definition) is 0. The highest BCUT2D eigenvalue weighted by Gasteiger charge is 2.16. The summed E-state index contributed by atoms with van der Waals surface area (Å²) < 4.78 is 34.7. The van der Waals surface area contributed by atoms with Gasteiger partial charge in [-0.1, -0.05) is 12.1 Å². The van der Waals surface area contributed by atoms with Crippen molar-refractivity contribution in [2.24, 2.45) is 10.2 Å². The number of methoxy groups -OCH3 is 1. The molecule has 0 unspecified atom stereocenters. The Bertz CT molecular complexity index is 638. The van der Waals surface area contributed by atoms with Crippen LogP contribution >= 0.6 is 0 Å². The number of rotatable bonds is 5. The standard InChI is InChI=1S/C13H12F2N4O2/c1-16-17-10(20-2)7-8-3-5-9(6-4-8)12-18-19-13(21-12)11(14)15/h3-6,11H,1,7H2,2H3/b17-10-. The summed E-state index contributed by atoms with van der Waals surface area (Å²) in [6.07, 6.45) is -2.35. The van der Waals surface area contributed by atoms with Crippen molar-refractivity contribution in [2.45, 2.75) is 12.8 Å². The summed E-state index contributed by atoms with van der Waals surface area (Å²) in [5, 5.41) is 14.0. The van der Waals surface area contributed by atoms with Gasteiger partial charge in [0.1, 0.15) is 0 Å². The molecular formula is C13H12F2N4O2. The van der Waals surface area contributed by atoms with E-state index >= 15 is 0 Å². The first-order valence-corrected chi connectivity index (χ1v) is 5.91. The lowest BCUT2D eigenvalue weighted by molar-refractivity contribution is 0.116. The van der Waals surface area contributed by atoms with Crippen LogP contribution in [0.15, 0.2) is 38.9 Å². The van der Waals surface area contributed by atoms with E-state index in [4.69, 9.17) is 9.15 Å². The summed E-state index contributed by atoms with van der Waals surface area (Å²) in [4.78, 5) is 0. The minimum Gasteiger partial charge on any atom is -0.483 e. The van der Waals surface area contributed by atoms with Crippen LogP contribution in [0.1, 0.15) is 17.9 Å². The fraction of sp³-hybridized carbons (Fsp3) is 0.231. The zero-order valence-corrected chi connectivity index (χ0v) is 11.2. The van der Waals surface area contributed by atoms with E-state index in [-0.39, 0.29) is 5.89 Å². The van der Waals surface area contributed by atoms with Gasteiger partial charge in [0.2, 0.25) is 11.8 Å². The second-order valence-electron chi connectivity index (χ2n) is 3.96. The minimum absolute atomic E-state index is 0.0465. The van der Waals surface area contributed by atoms with Crippen LogP contribution in [0, 0.1) is 0 Å². The van der Waals surface area contributed by atoms with E-state index in [0.29, 0.717) is 17.9 Å². The first-order chi connectivity index (χ1) is 10.1. The van der Waals surface area contributed by atoms with E-state index in [1.807, 2.05) is 0 Å². The predicted octanol–water partition coefficient (Wildman–Crippen LogP) is 2.88. The molecule has 0 spiro atoms. The van der Waals surface area contributed by atoms with E-state index in [2.05, 4.69) is 27.1 Å². The summed E-state index contributed by atoms with van der Waals surface area (Å²) >= 11 is 0. The molecule has 1 heterocycles. The highest BCUT2D eigenvalue weighted by atomic mass is 19.3. The normalized spacial score (nSPS) is 11.7. The molecule has 0 bridgehead atoms. The van der Waals surface area contributed by atoms with Gasteiger partial charge in [0.15, 0.2) is 0 Å². The second-order valence-corrected chi connectivity index (χ2v) is 3.96. The molecule has 0 aliphatic carbocycles. The third-order valence-electron chi connectivity index (χ3n) is 2.60. The Hall–Kier alpha value is -2.64. The van der Waals surface area contributed by atoms with Crippen molar-refractivity contribution in [2.75, 3.05) is 7.11 Å². The fourth-order valence-electron chi connectivity index (χ4n) is 1.61. The van der Waals surface area contributed by atoms with Gasteiger partial charge in [0.05, 0.1) is 13.5 Å². The molecule has 2 aromatic rings. The molecule has 1 aromatic carbocycles. The molecule has 0 atom stereocenters. The lowest BCUT2D eigenvalue weighted by atomic mass is 10.1. The molecule has 110 valence electrons. The highest BCUT2D eigenvalue weighted by molar-refractivity contribution is 5.78. The Morgan fingerprint density at radius 3 is 2.57 bits per heavy atom. The number of alkyl halides is 2. The van der Waals surface area contributed by atoms with Crippen molar-refractivity contribution in [3.8, 4) is 11.5 Å². The average molecular weight is 294 g/mol. The van der Waals surface area contributed by atoms with Crippen molar-refractivity contribution in [3.63, 3.8) is 0 Å². The van der Waals surface area contributed by atoms with Crippen LogP contribution in [0.3, 0.4) is 0 Å². The Morgan fingerprint density at radius 2 is 2.05 bits per heavy atom. The molecule has 0 saturated heterocycles. The van der Waals surface area contributed by atoms with Gasteiger partial charge in [-0.05, 0) is 17.7 Å². The molecule has 1 aromatic heterocycles. The van der Waals surface area contributed by atoms with Crippen LogP contribution in [0.25, 0.3) is 11.5 Å². The monoisotopic (exact) mass is 294 g/mol. The molecule has 0 aliphatic rings. The van der Waals surface area contributed by atoms with Crippen LogP contribution in [0.4, 0.5) is 8.78 Å². The molecule has 21 heavy (non-hydrogen) atoms. The molecule has 0 amide bonds. The Kier molecular flexibility index (Phi) is 4.70. The maximum absolute atomic E-state index is 12.4. The summed E-state index contributed by atoms with van der Waals surface area (Å²) in [5.41, 5.74) is 1.45. The van der Waals surface area contributed by atoms with Crippen molar-refractivity contribution in [3.05, 3.63) is 35.7 Å². The van der Waals surface area contributed by atoms with Gasteiger partial charge < -0.3 is 9.15 Å². The molecule has 2 rings (SSSR count). The third kappa shape index (κ3) is 3.68. The number of aromatic nitrogens is 2. The number of nitrogens with zero attached hydrogens (tertiary/aromatic N) is 4. The zero-order chi connectivity index (χ0) is 15.2. The summed E-state index contributed by atoms with van der Waals surface area (Å²) in [5.74, 6) is -0.235. The molecular weight excluding hydrogens is 282 g/mol. The molecule has 6 nitrogen and oxygen atoms in total. The maximum Gasteiger partial charge on any atom is 0.314 e. The van der Waals surface area contributed by atoms with Crippen molar-refractivity contribution in [1.29, 1.82) is 0 Å². The SMILES string of the molecule is C=N/N=C(/Cc1ccc(-c2nnc(C(F)F)o2)cc1)OC. The van der Waals surface area contributed by atoms with Crippen LogP contribution in [-0.4, -0.2) is 29.9 Å². The van der Waals surface area contributed by atoms with Crippen LogP contribution in [-0.2, 0) is 11.2 Å². The summed E-state index contributed by atoms with van der Waals surface area (Å²) in [6, 6.07) is 6.93. The molecule has 8 heteroatoms. The minimum atomic E-state index is -2.78. The second kappa shape index (κ2) is 6.69. The molecule has 0 N–H and O–H groups in total. The lowest BCUT2D eigenvalue weighted by Crippen LogP contribution is -2.04. The van der Waals surface area contributed by atoms with Gasteiger partial charge >= 0.3 is 6.43 Å². The van der Waals surface area contributed by atoms with Gasteiger partial charge in [-0.25, -0.2) is 0 Å². The van der Waals surface area contributed by atoms with Gasteiger partial charge in [0.25, 0.3) is 5.89 Å². The van der Waals surface area contributed by atoms with Gasteiger partial charge in [-0.15, -0.1) is 15.3 Å².